The zero-order chi connectivity index (χ0) is 15.4. The first-order valence-electron chi connectivity index (χ1n) is 7.84. The first-order valence-corrected chi connectivity index (χ1v) is 8.89. The molecule has 0 spiro atoms. The number of carboxylic acids is 1. The summed E-state index contributed by atoms with van der Waals surface area (Å²) in [6, 6.07) is 0.148. The van der Waals surface area contributed by atoms with Crippen LogP contribution in [0.3, 0.4) is 0 Å². The Hall–Kier alpha value is -0.910. The number of rotatable bonds is 3. The molecule has 2 rings (SSSR count). The molecule has 0 aromatic rings. The Labute approximate surface area is 131 Å². The van der Waals surface area contributed by atoms with E-state index in [9.17, 15) is 9.59 Å². The van der Waals surface area contributed by atoms with Gasteiger partial charge in [-0.15, -0.1) is 0 Å². The number of aliphatic carboxylic acids is 1. The average molecular weight is 314 g/mol. The maximum atomic E-state index is 12.6. The normalized spacial score (nSPS) is 28.3. The number of likely N-dealkylation sites (tertiary alicyclic amines) is 1. The number of carboxylic acid groups (broad SMARTS) is 1. The SMILES string of the molecule is CC1CN(C(=O)N2CCCC(C(C)CC(=O)O)C2)CCS1. The first kappa shape index (κ1) is 16.5. The van der Waals surface area contributed by atoms with E-state index in [1.807, 2.05) is 28.5 Å². The molecule has 21 heavy (non-hydrogen) atoms. The van der Waals surface area contributed by atoms with E-state index in [4.69, 9.17) is 5.11 Å². The van der Waals surface area contributed by atoms with E-state index in [1.165, 1.54) is 0 Å². The Morgan fingerprint density at radius 1 is 1.29 bits per heavy atom. The Balaban J connectivity index is 1.90. The second-order valence-corrected chi connectivity index (χ2v) is 7.88. The lowest BCUT2D eigenvalue weighted by Crippen LogP contribution is -2.51. The van der Waals surface area contributed by atoms with Gasteiger partial charge in [0.05, 0.1) is 0 Å². The van der Waals surface area contributed by atoms with Crippen molar-refractivity contribution in [1.29, 1.82) is 0 Å². The van der Waals surface area contributed by atoms with Gasteiger partial charge in [0.25, 0.3) is 0 Å². The van der Waals surface area contributed by atoms with Crippen molar-refractivity contribution in [3.05, 3.63) is 0 Å². The van der Waals surface area contributed by atoms with Crippen LogP contribution in [-0.2, 0) is 4.79 Å². The molecule has 2 heterocycles. The van der Waals surface area contributed by atoms with Gasteiger partial charge in [0.2, 0.25) is 0 Å². The molecule has 120 valence electrons. The number of urea groups is 1. The predicted molar refractivity (Wildman–Crippen MR) is 84.6 cm³/mol. The molecule has 2 fully saturated rings. The van der Waals surface area contributed by atoms with Crippen LogP contribution in [0.15, 0.2) is 0 Å². The zero-order valence-electron chi connectivity index (χ0n) is 13.0. The van der Waals surface area contributed by atoms with Gasteiger partial charge in [0.15, 0.2) is 0 Å². The molecule has 2 amide bonds. The van der Waals surface area contributed by atoms with Gasteiger partial charge in [-0.25, -0.2) is 4.79 Å². The molecule has 1 N–H and O–H groups in total. The summed E-state index contributed by atoms with van der Waals surface area (Å²) in [5.74, 6) is 0.719. The van der Waals surface area contributed by atoms with Crippen molar-refractivity contribution in [2.45, 2.75) is 38.4 Å². The second-order valence-electron chi connectivity index (χ2n) is 6.33. The molecule has 2 aliphatic rings. The fourth-order valence-electron chi connectivity index (χ4n) is 3.28. The van der Waals surface area contributed by atoms with Crippen molar-refractivity contribution < 1.29 is 14.7 Å². The van der Waals surface area contributed by atoms with Crippen molar-refractivity contribution in [3.63, 3.8) is 0 Å². The summed E-state index contributed by atoms with van der Waals surface area (Å²) in [7, 11) is 0. The molecular weight excluding hydrogens is 288 g/mol. The van der Waals surface area contributed by atoms with Crippen LogP contribution in [0.5, 0.6) is 0 Å². The molecule has 2 aliphatic heterocycles. The molecule has 0 saturated carbocycles. The van der Waals surface area contributed by atoms with Gasteiger partial charge >= 0.3 is 12.0 Å². The average Bonchev–Trinajstić information content (AvgIpc) is 2.46. The fourth-order valence-corrected chi connectivity index (χ4v) is 4.30. The van der Waals surface area contributed by atoms with Crippen molar-refractivity contribution in [2.24, 2.45) is 11.8 Å². The highest BCUT2D eigenvalue weighted by Gasteiger charge is 2.31. The summed E-state index contributed by atoms with van der Waals surface area (Å²) >= 11 is 1.92. The van der Waals surface area contributed by atoms with Crippen LogP contribution in [-0.4, -0.2) is 64.1 Å². The molecule has 0 aromatic heterocycles. The summed E-state index contributed by atoms with van der Waals surface area (Å²) in [6.45, 7) is 7.35. The van der Waals surface area contributed by atoms with Crippen LogP contribution < -0.4 is 0 Å². The van der Waals surface area contributed by atoms with Crippen LogP contribution in [0.25, 0.3) is 0 Å². The smallest absolute Gasteiger partial charge is 0.320 e. The van der Waals surface area contributed by atoms with Gasteiger partial charge in [-0.2, -0.15) is 11.8 Å². The number of hydrogen-bond acceptors (Lipinski definition) is 3. The summed E-state index contributed by atoms with van der Waals surface area (Å²) in [5, 5.41) is 9.44. The summed E-state index contributed by atoms with van der Waals surface area (Å²) in [4.78, 5) is 27.4. The lowest BCUT2D eigenvalue weighted by molar-refractivity contribution is -0.138. The molecule has 5 nitrogen and oxygen atoms in total. The highest BCUT2D eigenvalue weighted by molar-refractivity contribution is 7.99. The summed E-state index contributed by atoms with van der Waals surface area (Å²) in [5.41, 5.74) is 0. The van der Waals surface area contributed by atoms with E-state index in [1.54, 1.807) is 0 Å². The third-order valence-electron chi connectivity index (χ3n) is 4.54. The fraction of sp³-hybridized carbons (Fsp3) is 0.867. The number of thioether (sulfide) groups is 1. The van der Waals surface area contributed by atoms with Gasteiger partial charge in [0.1, 0.15) is 0 Å². The molecule has 0 aliphatic carbocycles. The molecule has 2 saturated heterocycles. The third kappa shape index (κ3) is 4.53. The van der Waals surface area contributed by atoms with Crippen molar-refractivity contribution in [1.82, 2.24) is 9.80 Å². The van der Waals surface area contributed by atoms with Crippen LogP contribution in [0.1, 0.15) is 33.1 Å². The van der Waals surface area contributed by atoms with Crippen LogP contribution in [0, 0.1) is 11.8 Å². The standard InChI is InChI=1S/C15H26N2O3S/c1-11(8-14(18)19)13-4-3-5-16(10-13)15(20)17-6-7-21-12(2)9-17/h11-13H,3-10H2,1-2H3,(H,18,19). The number of carbonyl (C=O) groups excluding carboxylic acids is 1. The number of hydrogen-bond donors (Lipinski definition) is 1. The second kappa shape index (κ2) is 7.38. The largest absolute Gasteiger partial charge is 0.481 e. The van der Waals surface area contributed by atoms with E-state index >= 15 is 0 Å². The molecule has 0 radical (unpaired) electrons. The van der Waals surface area contributed by atoms with Gasteiger partial charge in [0, 0.05) is 43.6 Å². The van der Waals surface area contributed by atoms with Gasteiger partial charge in [-0.3, -0.25) is 4.79 Å². The molecular formula is C15H26N2O3S. The van der Waals surface area contributed by atoms with Crippen molar-refractivity contribution >= 4 is 23.8 Å². The van der Waals surface area contributed by atoms with Gasteiger partial charge in [-0.1, -0.05) is 13.8 Å². The van der Waals surface area contributed by atoms with E-state index in [-0.39, 0.29) is 18.4 Å². The predicted octanol–water partition coefficient (Wildman–Crippen LogP) is 2.37. The maximum absolute atomic E-state index is 12.6. The lowest BCUT2D eigenvalue weighted by atomic mass is 9.85. The molecule has 0 aromatic carbocycles. The minimum absolute atomic E-state index is 0.133. The van der Waals surface area contributed by atoms with Crippen molar-refractivity contribution in [3.8, 4) is 0 Å². The highest BCUT2D eigenvalue weighted by Crippen LogP contribution is 2.27. The first-order chi connectivity index (χ1) is 9.97. The molecule has 6 heteroatoms. The van der Waals surface area contributed by atoms with Gasteiger partial charge < -0.3 is 14.9 Å². The Bertz CT molecular complexity index is 391. The minimum Gasteiger partial charge on any atom is -0.481 e. The Kier molecular flexibility index (Phi) is 5.79. The minimum atomic E-state index is -0.743. The topological polar surface area (TPSA) is 60.9 Å². The summed E-state index contributed by atoms with van der Waals surface area (Å²) < 4.78 is 0. The number of carbonyl (C=O) groups is 2. The number of nitrogens with zero attached hydrogens (tertiary/aromatic N) is 2. The Morgan fingerprint density at radius 2 is 2.00 bits per heavy atom. The van der Waals surface area contributed by atoms with Crippen LogP contribution in [0.4, 0.5) is 4.79 Å². The number of amides is 2. The quantitative estimate of drug-likeness (QED) is 0.869. The van der Waals surface area contributed by atoms with E-state index in [0.29, 0.717) is 17.7 Å². The number of piperidine rings is 1. The van der Waals surface area contributed by atoms with E-state index in [0.717, 1.165) is 38.2 Å². The van der Waals surface area contributed by atoms with Crippen LogP contribution in [0.2, 0.25) is 0 Å². The molecule has 0 bridgehead atoms. The van der Waals surface area contributed by atoms with E-state index in [2.05, 4.69) is 6.92 Å². The van der Waals surface area contributed by atoms with Crippen LogP contribution >= 0.6 is 11.8 Å². The van der Waals surface area contributed by atoms with E-state index < -0.39 is 5.97 Å². The maximum Gasteiger partial charge on any atom is 0.320 e. The van der Waals surface area contributed by atoms with Gasteiger partial charge in [-0.05, 0) is 24.7 Å². The highest BCUT2D eigenvalue weighted by atomic mass is 32.2. The molecule has 3 atom stereocenters. The van der Waals surface area contributed by atoms with Crippen molar-refractivity contribution in [2.75, 3.05) is 31.9 Å². The lowest BCUT2D eigenvalue weighted by Gasteiger charge is -2.40. The zero-order valence-corrected chi connectivity index (χ0v) is 13.8. The third-order valence-corrected chi connectivity index (χ3v) is 5.68. The molecule has 3 unspecified atom stereocenters. The Morgan fingerprint density at radius 3 is 2.67 bits per heavy atom. The summed E-state index contributed by atoms with van der Waals surface area (Å²) in [6.07, 6.45) is 2.22. The monoisotopic (exact) mass is 314 g/mol.